The van der Waals surface area contributed by atoms with Gasteiger partial charge in [0.05, 0.1) is 33.0 Å². The average Bonchev–Trinajstić information content (AvgIpc) is 2.78. The largest absolute Gasteiger partial charge is 0.481 e. The predicted molar refractivity (Wildman–Crippen MR) is 119 cm³/mol. The highest BCUT2D eigenvalue weighted by molar-refractivity contribution is 5.77. The molecule has 0 bridgehead atoms. The van der Waals surface area contributed by atoms with E-state index in [0.29, 0.717) is 50.8 Å². The van der Waals surface area contributed by atoms with Gasteiger partial charge >= 0.3 is 11.9 Å². The first-order valence-electron chi connectivity index (χ1n) is 10.8. The van der Waals surface area contributed by atoms with E-state index in [1.54, 1.807) is 24.3 Å². The molecule has 0 radical (unpaired) electrons. The molecule has 0 aromatic heterocycles. The number of carboxylic acids is 1. The first-order valence-corrected chi connectivity index (χ1v) is 10.8. The number of esters is 1. The summed E-state index contributed by atoms with van der Waals surface area (Å²) in [4.78, 5) is 33.6. The summed E-state index contributed by atoms with van der Waals surface area (Å²) in [5.41, 5.74) is 6.14. The first kappa shape index (κ1) is 28.3. The van der Waals surface area contributed by atoms with Crippen molar-refractivity contribution in [3.63, 3.8) is 0 Å². The van der Waals surface area contributed by atoms with E-state index < -0.39 is 11.9 Å². The maximum absolute atomic E-state index is 11.6. The summed E-state index contributed by atoms with van der Waals surface area (Å²) in [6.07, 6.45) is 2.43. The van der Waals surface area contributed by atoms with E-state index in [0.717, 1.165) is 12.8 Å². The smallest absolute Gasteiger partial charge is 0.337 e. The monoisotopic (exact) mass is 470 g/mol. The van der Waals surface area contributed by atoms with Gasteiger partial charge in [-0.05, 0) is 37.1 Å². The van der Waals surface area contributed by atoms with Gasteiger partial charge in [-0.1, -0.05) is 6.42 Å². The molecule has 0 saturated carbocycles. The molecule has 186 valence electrons. The molecule has 0 saturated heterocycles. The van der Waals surface area contributed by atoms with Gasteiger partial charge in [0.25, 0.3) is 0 Å². The summed E-state index contributed by atoms with van der Waals surface area (Å²) < 4.78 is 26.1. The van der Waals surface area contributed by atoms with Crippen LogP contribution in [-0.4, -0.2) is 82.4 Å². The minimum absolute atomic E-state index is 0.0683. The highest BCUT2D eigenvalue weighted by atomic mass is 16.6. The number of carboxylic acid groups (broad SMARTS) is 1. The van der Waals surface area contributed by atoms with Gasteiger partial charge < -0.3 is 39.8 Å². The lowest BCUT2D eigenvalue weighted by Gasteiger charge is -2.08. The molecule has 4 N–H and O–H groups in total. The quantitative estimate of drug-likeness (QED) is 0.109. The van der Waals surface area contributed by atoms with E-state index in [1.165, 1.54) is 0 Å². The van der Waals surface area contributed by atoms with Gasteiger partial charge in [0.1, 0.15) is 19.0 Å². The first-order chi connectivity index (χ1) is 16.0. The third kappa shape index (κ3) is 17.5. The molecule has 0 heterocycles. The number of nitrogens with one attached hydrogen (secondary N) is 1. The van der Waals surface area contributed by atoms with Crippen molar-refractivity contribution in [2.75, 3.05) is 65.1 Å². The van der Waals surface area contributed by atoms with Crippen molar-refractivity contribution in [2.45, 2.75) is 25.7 Å². The number of amides is 1. The molecule has 0 aliphatic rings. The number of carbonyl (C=O) groups excluding carboxylic acids is 2. The van der Waals surface area contributed by atoms with Gasteiger partial charge in [-0.25, -0.2) is 4.79 Å². The molecule has 1 aromatic rings. The Hall–Kier alpha value is -2.73. The van der Waals surface area contributed by atoms with Crippen molar-refractivity contribution in [3.8, 4) is 5.75 Å². The molecule has 0 aliphatic carbocycles. The Labute approximate surface area is 193 Å². The lowest BCUT2D eigenvalue weighted by molar-refractivity contribution is -0.140. The third-order valence-electron chi connectivity index (χ3n) is 4.06. The fourth-order valence-electron chi connectivity index (χ4n) is 2.43. The summed E-state index contributed by atoms with van der Waals surface area (Å²) in [6.45, 7) is 2.07. The molecular formula is C22H34N2O9. The maximum atomic E-state index is 11.6. The molecule has 0 aliphatic heterocycles. The summed E-state index contributed by atoms with van der Waals surface area (Å²) in [6, 6.07) is 6.46. The van der Waals surface area contributed by atoms with Crippen LogP contribution in [0.3, 0.4) is 0 Å². The number of nitrogen functional groups attached to an aromatic ring is 1. The molecule has 0 atom stereocenters. The van der Waals surface area contributed by atoms with E-state index in [-0.39, 0.29) is 38.8 Å². The normalized spacial score (nSPS) is 10.7. The van der Waals surface area contributed by atoms with Crippen LogP contribution in [0.4, 0.5) is 5.69 Å². The Morgan fingerprint density at radius 2 is 1.42 bits per heavy atom. The van der Waals surface area contributed by atoms with Crippen LogP contribution in [0, 0.1) is 0 Å². The molecule has 11 heteroatoms. The number of benzene rings is 1. The van der Waals surface area contributed by atoms with Crippen LogP contribution in [0.5, 0.6) is 5.75 Å². The van der Waals surface area contributed by atoms with E-state index >= 15 is 0 Å². The number of anilines is 1. The van der Waals surface area contributed by atoms with Crippen LogP contribution in [0.2, 0.25) is 0 Å². The Kier molecular flexibility index (Phi) is 16.1. The Bertz CT molecular complexity index is 683. The molecule has 0 spiro atoms. The summed E-state index contributed by atoms with van der Waals surface area (Å²) in [5, 5.41) is 11.2. The van der Waals surface area contributed by atoms with Gasteiger partial charge in [-0.15, -0.1) is 0 Å². The Balaban J connectivity index is 1.83. The van der Waals surface area contributed by atoms with E-state index in [4.69, 9.17) is 34.5 Å². The molecule has 0 unspecified atom stereocenters. The number of ether oxygens (including phenoxy) is 5. The molecule has 1 amide bonds. The van der Waals surface area contributed by atoms with Gasteiger partial charge in [0, 0.05) is 25.3 Å². The molecule has 0 fully saturated rings. The van der Waals surface area contributed by atoms with Crippen molar-refractivity contribution >= 4 is 23.5 Å². The SMILES string of the molecule is Nc1ccc(OC(=O)COCCOCCNC(=O)COCCOCCCCCC(=O)O)cc1. The molecule has 33 heavy (non-hydrogen) atoms. The van der Waals surface area contributed by atoms with Crippen molar-refractivity contribution in [1.82, 2.24) is 5.32 Å². The Morgan fingerprint density at radius 3 is 2.12 bits per heavy atom. The second kappa shape index (κ2) is 18.8. The lowest BCUT2D eigenvalue weighted by Crippen LogP contribution is -2.31. The number of hydrogen-bond acceptors (Lipinski definition) is 9. The second-order valence-electron chi connectivity index (χ2n) is 6.93. The average molecular weight is 471 g/mol. The zero-order valence-electron chi connectivity index (χ0n) is 18.8. The van der Waals surface area contributed by atoms with Crippen LogP contribution in [0.15, 0.2) is 24.3 Å². The highest BCUT2D eigenvalue weighted by Crippen LogP contribution is 2.13. The highest BCUT2D eigenvalue weighted by Gasteiger charge is 2.05. The zero-order chi connectivity index (χ0) is 24.2. The Morgan fingerprint density at radius 1 is 0.788 bits per heavy atom. The van der Waals surface area contributed by atoms with Crippen molar-refractivity contribution in [1.29, 1.82) is 0 Å². The van der Waals surface area contributed by atoms with Crippen LogP contribution in [0.1, 0.15) is 25.7 Å². The van der Waals surface area contributed by atoms with Crippen molar-refractivity contribution < 1.29 is 43.2 Å². The van der Waals surface area contributed by atoms with Crippen LogP contribution in [-0.2, 0) is 33.3 Å². The molecule has 11 nitrogen and oxygen atoms in total. The topological polar surface area (TPSA) is 156 Å². The second-order valence-corrected chi connectivity index (χ2v) is 6.93. The molecule has 1 rings (SSSR count). The third-order valence-corrected chi connectivity index (χ3v) is 4.06. The standard InChI is InChI=1S/C22H34N2O9/c23-18-5-7-19(8-6-18)33-22(28)17-32-15-13-30-11-9-24-20(25)16-31-14-12-29-10-3-1-2-4-21(26)27/h5-8H,1-4,9-17,23H2,(H,24,25)(H,26,27). The molecular weight excluding hydrogens is 436 g/mol. The van der Waals surface area contributed by atoms with Crippen molar-refractivity contribution in [3.05, 3.63) is 24.3 Å². The number of hydrogen-bond donors (Lipinski definition) is 3. The number of carbonyl (C=O) groups is 3. The fraction of sp³-hybridized carbons (Fsp3) is 0.591. The molecule has 1 aromatic carbocycles. The van der Waals surface area contributed by atoms with E-state index in [1.807, 2.05) is 0 Å². The van der Waals surface area contributed by atoms with Gasteiger partial charge in [0.15, 0.2) is 0 Å². The number of nitrogens with two attached hydrogens (primary N) is 1. The van der Waals surface area contributed by atoms with E-state index in [9.17, 15) is 14.4 Å². The number of unbranched alkanes of at least 4 members (excludes halogenated alkanes) is 2. The van der Waals surface area contributed by atoms with Gasteiger partial charge in [-0.3, -0.25) is 9.59 Å². The number of aliphatic carboxylic acids is 1. The van der Waals surface area contributed by atoms with Crippen molar-refractivity contribution in [2.24, 2.45) is 0 Å². The zero-order valence-corrected chi connectivity index (χ0v) is 18.8. The van der Waals surface area contributed by atoms with Gasteiger partial charge in [0.2, 0.25) is 5.91 Å². The summed E-state index contributed by atoms with van der Waals surface area (Å²) in [5.74, 6) is -1.16. The van der Waals surface area contributed by atoms with Crippen LogP contribution >= 0.6 is 0 Å². The number of rotatable bonds is 20. The lowest BCUT2D eigenvalue weighted by atomic mass is 10.2. The fourth-order valence-corrected chi connectivity index (χ4v) is 2.43. The summed E-state index contributed by atoms with van der Waals surface area (Å²) >= 11 is 0. The van der Waals surface area contributed by atoms with Crippen LogP contribution in [0.25, 0.3) is 0 Å². The predicted octanol–water partition coefficient (Wildman–Crippen LogP) is 1.00. The van der Waals surface area contributed by atoms with Gasteiger partial charge in [-0.2, -0.15) is 0 Å². The summed E-state index contributed by atoms with van der Waals surface area (Å²) in [7, 11) is 0. The van der Waals surface area contributed by atoms with E-state index in [2.05, 4.69) is 5.32 Å². The minimum Gasteiger partial charge on any atom is -0.481 e. The maximum Gasteiger partial charge on any atom is 0.337 e. The minimum atomic E-state index is -0.784. The van der Waals surface area contributed by atoms with Crippen LogP contribution < -0.4 is 15.8 Å².